The van der Waals surface area contributed by atoms with E-state index in [0.717, 1.165) is 5.56 Å². The second-order valence-electron chi connectivity index (χ2n) is 5.29. The Hall–Kier alpha value is -1.40. The van der Waals surface area contributed by atoms with Gasteiger partial charge in [0.15, 0.2) is 0 Å². The van der Waals surface area contributed by atoms with E-state index in [2.05, 4.69) is 10.0 Å². The van der Waals surface area contributed by atoms with Gasteiger partial charge in [0, 0.05) is 6.54 Å². The number of hydrogen-bond donors (Lipinski definition) is 2. The zero-order valence-electron chi connectivity index (χ0n) is 12.4. The predicted octanol–water partition coefficient (Wildman–Crippen LogP) is 1.35. The number of rotatable bonds is 6. The van der Waals surface area contributed by atoms with Crippen LogP contribution in [0.1, 0.15) is 25.0 Å². The molecule has 0 saturated heterocycles. The van der Waals surface area contributed by atoms with Crippen molar-refractivity contribution in [1.82, 2.24) is 10.0 Å². The molecule has 1 rings (SSSR count). The summed E-state index contributed by atoms with van der Waals surface area (Å²) in [6.45, 7) is 7.79. The number of carbonyl (C=O) groups is 1. The van der Waals surface area contributed by atoms with E-state index in [1.165, 1.54) is 0 Å². The van der Waals surface area contributed by atoms with Gasteiger partial charge < -0.3 is 5.32 Å². The van der Waals surface area contributed by atoms with Crippen molar-refractivity contribution in [3.8, 4) is 0 Å². The van der Waals surface area contributed by atoms with Crippen LogP contribution in [0.3, 0.4) is 0 Å². The van der Waals surface area contributed by atoms with Crippen molar-refractivity contribution < 1.29 is 13.2 Å². The second-order valence-corrected chi connectivity index (χ2v) is 7.03. The molecule has 0 heterocycles. The molecule has 20 heavy (non-hydrogen) atoms. The van der Waals surface area contributed by atoms with E-state index in [0.29, 0.717) is 18.0 Å². The molecule has 5 nitrogen and oxygen atoms in total. The predicted molar refractivity (Wildman–Crippen MR) is 79.0 cm³/mol. The average Bonchev–Trinajstić information content (AvgIpc) is 2.36. The normalized spacial score (nSPS) is 11.7. The SMILES string of the molecule is Cc1ccc(C)c(S(=O)(=O)NCC(=O)NCC(C)C)c1. The maximum atomic E-state index is 12.2. The molecule has 1 aromatic carbocycles. The van der Waals surface area contributed by atoms with E-state index in [-0.39, 0.29) is 17.3 Å². The third-order valence-electron chi connectivity index (χ3n) is 2.76. The lowest BCUT2D eigenvalue weighted by Gasteiger charge is -2.11. The monoisotopic (exact) mass is 298 g/mol. The molecule has 0 bridgehead atoms. The van der Waals surface area contributed by atoms with Gasteiger partial charge in [-0.05, 0) is 37.0 Å². The summed E-state index contributed by atoms with van der Waals surface area (Å²) in [4.78, 5) is 11.8. The summed E-state index contributed by atoms with van der Waals surface area (Å²) in [5, 5.41) is 2.67. The van der Waals surface area contributed by atoms with E-state index < -0.39 is 10.0 Å². The van der Waals surface area contributed by atoms with Gasteiger partial charge in [0.1, 0.15) is 0 Å². The Bertz CT molecular complexity index is 580. The first-order valence-corrected chi connectivity index (χ1v) is 8.04. The van der Waals surface area contributed by atoms with E-state index in [4.69, 9.17) is 0 Å². The molecule has 0 atom stereocenters. The van der Waals surface area contributed by atoms with Crippen molar-refractivity contribution in [1.29, 1.82) is 0 Å². The van der Waals surface area contributed by atoms with Crippen LogP contribution < -0.4 is 10.0 Å². The number of carbonyl (C=O) groups excluding carboxylic acids is 1. The van der Waals surface area contributed by atoms with Crippen LogP contribution >= 0.6 is 0 Å². The van der Waals surface area contributed by atoms with Gasteiger partial charge in [-0.1, -0.05) is 26.0 Å². The van der Waals surface area contributed by atoms with Gasteiger partial charge in [-0.25, -0.2) is 13.1 Å². The Morgan fingerprint density at radius 1 is 1.25 bits per heavy atom. The van der Waals surface area contributed by atoms with Gasteiger partial charge in [-0.2, -0.15) is 0 Å². The standard InChI is InChI=1S/C14H22N2O3S/c1-10(2)8-15-14(17)9-16-20(18,19)13-7-11(3)5-6-12(13)4/h5-7,10,16H,8-9H2,1-4H3,(H,15,17). The highest BCUT2D eigenvalue weighted by Crippen LogP contribution is 2.16. The van der Waals surface area contributed by atoms with Crippen LogP contribution in [0.15, 0.2) is 23.1 Å². The highest BCUT2D eigenvalue weighted by atomic mass is 32.2. The minimum Gasteiger partial charge on any atom is -0.355 e. The van der Waals surface area contributed by atoms with E-state index >= 15 is 0 Å². The molecule has 0 radical (unpaired) electrons. The number of sulfonamides is 1. The highest BCUT2D eigenvalue weighted by Gasteiger charge is 2.17. The fourth-order valence-corrected chi connectivity index (χ4v) is 2.93. The third kappa shape index (κ3) is 4.94. The summed E-state index contributed by atoms with van der Waals surface area (Å²) in [6.07, 6.45) is 0. The molecule has 1 amide bonds. The van der Waals surface area contributed by atoms with Crippen molar-refractivity contribution >= 4 is 15.9 Å². The summed E-state index contributed by atoms with van der Waals surface area (Å²) < 4.78 is 26.6. The Labute approximate surface area is 120 Å². The molecule has 0 aromatic heterocycles. The molecule has 112 valence electrons. The molecule has 0 spiro atoms. The summed E-state index contributed by atoms with van der Waals surface area (Å²) in [5.74, 6) is 0.00200. The number of aryl methyl sites for hydroxylation is 2. The lowest BCUT2D eigenvalue weighted by atomic mass is 10.2. The zero-order valence-corrected chi connectivity index (χ0v) is 13.2. The molecule has 1 aromatic rings. The van der Waals surface area contributed by atoms with Crippen molar-refractivity contribution in [2.45, 2.75) is 32.6 Å². The average molecular weight is 298 g/mol. The molecular weight excluding hydrogens is 276 g/mol. The maximum Gasteiger partial charge on any atom is 0.241 e. The Morgan fingerprint density at radius 2 is 1.90 bits per heavy atom. The van der Waals surface area contributed by atoms with E-state index in [1.54, 1.807) is 19.1 Å². The van der Waals surface area contributed by atoms with Crippen LogP contribution in [0.4, 0.5) is 0 Å². The lowest BCUT2D eigenvalue weighted by molar-refractivity contribution is -0.120. The van der Waals surface area contributed by atoms with Crippen LogP contribution in [-0.4, -0.2) is 27.4 Å². The summed E-state index contributed by atoms with van der Waals surface area (Å²) in [6, 6.07) is 5.20. The largest absolute Gasteiger partial charge is 0.355 e. The molecule has 0 unspecified atom stereocenters. The Kier molecular flexibility index (Phi) is 5.71. The molecule has 0 aliphatic carbocycles. The maximum absolute atomic E-state index is 12.2. The van der Waals surface area contributed by atoms with Crippen molar-refractivity contribution in [3.63, 3.8) is 0 Å². The van der Waals surface area contributed by atoms with Crippen LogP contribution in [0.2, 0.25) is 0 Å². The quantitative estimate of drug-likeness (QED) is 0.832. The van der Waals surface area contributed by atoms with Crippen molar-refractivity contribution in [2.75, 3.05) is 13.1 Å². The molecule has 0 fully saturated rings. The minimum atomic E-state index is -3.66. The van der Waals surface area contributed by atoms with Gasteiger partial charge in [0.2, 0.25) is 15.9 Å². The smallest absolute Gasteiger partial charge is 0.241 e. The van der Waals surface area contributed by atoms with Gasteiger partial charge in [0.05, 0.1) is 11.4 Å². The third-order valence-corrected chi connectivity index (χ3v) is 4.31. The zero-order chi connectivity index (χ0) is 15.3. The summed E-state index contributed by atoms with van der Waals surface area (Å²) >= 11 is 0. The van der Waals surface area contributed by atoms with Crippen LogP contribution in [0.25, 0.3) is 0 Å². The van der Waals surface area contributed by atoms with Crippen LogP contribution in [0.5, 0.6) is 0 Å². The fourth-order valence-electron chi connectivity index (χ4n) is 1.62. The first-order chi connectivity index (χ1) is 9.22. The molecule has 0 aliphatic rings. The Balaban J connectivity index is 2.71. The summed E-state index contributed by atoms with van der Waals surface area (Å²) in [5.41, 5.74) is 1.52. The number of benzene rings is 1. The highest BCUT2D eigenvalue weighted by molar-refractivity contribution is 7.89. The minimum absolute atomic E-state index is 0.217. The first-order valence-electron chi connectivity index (χ1n) is 6.56. The topological polar surface area (TPSA) is 75.3 Å². The fraction of sp³-hybridized carbons (Fsp3) is 0.500. The Morgan fingerprint density at radius 3 is 2.50 bits per heavy atom. The lowest BCUT2D eigenvalue weighted by Crippen LogP contribution is -2.38. The van der Waals surface area contributed by atoms with Gasteiger partial charge in [0.25, 0.3) is 0 Å². The van der Waals surface area contributed by atoms with Gasteiger partial charge >= 0.3 is 0 Å². The van der Waals surface area contributed by atoms with Crippen molar-refractivity contribution in [2.24, 2.45) is 5.92 Å². The molecule has 0 aliphatic heterocycles. The van der Waals surface area contributed by atoms with Crippen molar-refractivity contribution in [3.05, 3.63) is 29.3 Å². The van der Waals surface area contributed by atoms with E-state index in [9.17, 15) is 13.2 Å². The first kappa shape index (κ1) is 16.7. The number of hydrogen-bond acceptors (Lipinski definition) is 3. The number of nitrogens with one attached hydrogen (secondary N) is 2. The van der Waals surface area contributed by atoms with Crippen LogP contribution in [0, 0.1) is 19.8 Å². The number of amides is 1. The molecular formula is C14H22N2O3S. The van der Waals surface area contributed by atoms with Crippen LogP contribution in [-0.2, 0) is 14.8 Å². The van der Waals surface area contributed by atoms with E-state index in [1.807, 2.05) is 26.8 Å². The second kappa shape index (κ2) is 6.85. The molecule has 0 saturated carbocycles. The van der Waals surface area contributed by atoms with Gasteiger partial charge in [-0.3, -0.25) is 4.79 Å². The van der Waals surface area contributed by atoms with Gasteiger partial charge in [-0.15, -0.1) is 0 Å². The summed E-state index contributed by atoms with van der Waals surface area (Å²) in [7, 11) is -3.66. The molecule has 6 heteroatoms. The molecule has 2 N–H and O–H groups in total.